The number of hydrogen-bond donors (Lipinski definition) is 0. The number of benzene rings is 2. The minimum absolute atomic E-state index is 0.00175. The van der Waals surface area contributed by atoms with Crippen molar-refractivity contribution in [2.24, 2.45) is 0 Å². The fourth-order valence-electron chi connectivity index (χ4n) is 3.42. The summed E-state index contributed by atoms with van der Waals surface area (Å²) in [5, 5.41) is 0. The van der Waals surface area contributed by atoms with Crippen molar-refractivity contribution >= 4 is 5.91 Å². The Labute approximate surface area is 160 Å². The van der Waals surface area contributed by atoms with E-state index in [1.807, 2.05) is 29.2 Å². The van der Waals surface area contributed by atoms with Crippen molar-refractivity contribution in [1.29, 1.82) is 0 Å². The largest absolute Gasteiger partial charge is 0.497 e. The van der Waals surface area contributed by atoms with Crippen LogP contribution >= 0.6 is 0 Å². The highest BCUT2D eigenvalue weighted by Gasteiger charge is 2.31. The molecular formula is C22H25NO4. The fourth-order valence-corrected chi connectivity index (χ4v) is 3.42. The molecule has 1 aliphatic rings. The fraction of sp³-hybridized carbons (Fsp3) is 0.318. The molecule has 3 rings (SSSR count). The molecule has 1 amide bonds. The third kappa shape index (κ3) is 4.08. The van der Waals surface area contributed by atoms with E-state index in [4.69, 9.17) is 14.2 Å². The first-order chi connectivity index (χ1) is 13.2. The Morgan fingerprint density at radius 2 is 1.93 bits per heavy atom. The van der Waals surface area contributed by atoms with Gasteiger partial charge < -0.3 is 19.1 Å². The van der Waals surface area contributed by atoms with Gasteiger partial charge in [0.2, 0.25) is 0 Å². The van der Waals surface area contributed by atoms with Gasteiger partial charge in [-0.05, 0) is 48.7 Å². The molecule has 0 aromatic heterocycles. The smallest absolute Gasteiger partial charge is 0.254 e. The van der Waals surface area contributed by atoms with Crippen LogP contribution in [0.1, 0.15) is 34.8 Å². The van der Waals surface area contributed by atoms with Crippen LogP contribution < -0.4 is 14.2 Å². The minimum Gasteiger partial charge on any atom is -0.497 e. The maximum atomic E-state index is 13.1. The standard InChI is InChI=1S/C22H25NO4/c1-4-14-27-20-12-9-17(15-21(20)26-3)22(24)23-13-5-6-19(23)16-7-10-18(25-2)11-8-16/h4,7-12,15,19H,1,5-6,13-14H2,2-3H3. The lowest BCUT2D eigenvalue weighted by molar-refractivity contribution is 0.0735. The van der Waals surface area contributed by atoms with Crippen molar-refractivity contribution in [2.75, 3.05) is 27.4 Å². The average Bonchev–Trinajstić information content (AvgIpc) is 3.21. The molecule has 5 heteroatoms. The van der Waals surface area contributed by atoms with Crippen LogP contribution in [0.3, 0.4) is 0 Å². The zero-order valence-corrected chi connectivity index (χ0v) is 15.8. The molecule has 1 atom stereocenters. The van der Waals surface area contributed by atoms with Gasteiger partial charge in [-0.3, -0.25) is 4.79 Å². The Bertz CT molecular complexity index is 800. The highest BCUT2D eigenvalue weighted by atomic mass is 16.5. The van der Waals surface area contributed by atoms with Crippen LogP contribution in [0.25, 0.3) is 0 Å². The van der Waals surface area contributed by atoms with Gasteiger partial charge in [0.1, 0.15) is 12.4 Å². The lowest BCUT2D eigenvalue weighted by Crippen LogP contribution is -2.30. The first-order valence-electron chi connectivity index (χ1n) is 9.04. The predicted molar refractivity (Wildman–Crippen MR) is 105 cm³/mol. The number of carbonyl (C=O) groups is 1. The first-order valence-corrected chi connectivity index (χ1v) is 9.04. The molecule has 1 aliphatic heterocycles. The van der Waals surface area contributed by atoms with E-state index in [0.717, 1.165) is 30.7 Å². The van der Waals surface area contributed by atoms with E-state index in [1.54, 1.807) is 38.5 Å². The Hall–Kier alpha value is -2.95. The highest BCUT2D eigenvalue weighted by Crippen LogP contribution is 2.35. The number of methoxy groups -OCH3 is 2. The lowest BCUT2D eigenvalue weighted by atomic mass is 10.0. The van der Waals surface area contributed by atoms with Crippen LogP contribution in [-0.4, -0.2) is 38.2 Å². The summed E-state index contributed by atoms with van der Waals surface area (Å²) in [6.07, 6.45) is 3.61. The molecule has 0 bridgehead atoms. The van der Waals surface area contributed by atoms with E-state index >= 15 is 0 Å². The molecule has 0 spiro atoms. The van der Waals surface area contributed by atoms with Crippen LogP contribution in [-0.2, 0) is 0 Å². The Balaban J connectivity index is 1.82. The second-order valence-corrected chi connectivity index (χ2v) is 6.40. The molecule has 1 unspecified atom stereocenters. The number of carbonyl (C=O) groups excluding carboxylic acids is 1. The van der Waals surface area contributed by atoms with Crippen LogP contribution in [0.4, 0.5) is 0 Å². The van der Waals surface area contributed by atoms with Crippen molar-refractivity contribution in [3.63, 3.8) is 0 Å². The summed E-state index contributed by atoms with van der Waals surface area (Å²) in [7, 11) is 3.22. The molecule has 5 nitrogen and oxygen atoms in total. The quantitative estimate of drug-likeness (QED) is 0.687. The molecule has 142 valence electrons. The number of rotatable bonds is 7. The second-order valence-electron chi connectivity index (χ2n) is 6.40. The van der Waals surface area contributed by atoms with Crippen molar-refractivity contribution in [3.05, 3.63) is 66.2 Å². The highest BCUT2D eigenvalue weighted by molar-refractivity contribution is 5.95. The molecule has 2 aromatic carbocycles. The SMILES string of the molecule is C=CCOc1ccc(C(=O)N2CCCC2c2ccc(OC)cc2)cc1OC. The van der Waals surface area contributed by atoms with Gasteiger partial charge in [-0.1, -0.05) is 24.8 Å². The summed E-state index contributed by atoms with van der Waals surface area (Å²) in [5.74, 6) is 1.96. The maximum absolute atomic E-state index is 13.1. The summed E-state index contributed by atoms with van der Waals surface area (Å²) in [5.41, 5.74) is 1.72. The van der Waals surface area contributed by atoms with Crippen molar-refractivity contribution in [3.8, 4) is 17.2 Å². The van der Waals surface area contributed by atoms with Crippen LogP contribution in [0.5, 0.6) is 17.2 Å². The number of nitrogens with zero attached hydrogens (tertiary/aromatic N) is 1. The second kappa shape index (κ2) is 8.62. The van der Waals surface area contributed by atoms with E-state index < -0.39 is 0 Å². The molecule has 27 heavy (non-hydrogen) atoms. The maximum Gasteiger partial charge on any atom is 0.254 e. The van der Waals surface area contributed by atoms with Gasteiger partial charge in [-0.2, -0.15) is 0 Å². The zero-order chi connectivity index (χ0) is 19.2. The topological polar surface area (TPSA) is 48.0 Å². The van der Waals surface area contributed by atoms with Gasteiger partial charge in [0.05, 0.1) is 20.3 Å². The van der Waals surface area contributed by atoms with Gasteiger partial charge >= 0.3 is 0 Å². The minimum atomic E-state index is 0.00175. The van der Waals surface area contributed by atoms with E-state index in [0.29, 0.717) is 23.7 Å². The number of likely N-dealkylation sites (tertiary alicyclic amines) is 1. The zero-order valence-electron chi connectivity index (χ0n) is 15.8. The van der Waals surface area contributed by atoms with Crippen LogP contribution in [0.15, 0.2) is 55.1 Å². The van der Waals surface area contributed by atoms with Gasteiger partial charge in [-0.25, -0.2) is 0 Å². The Morgan fingerprint density at radius 1 is 1.15 bits per heavy atom. The molecule has 1 saturated heterocycles. The molecule has 0 saturated carbocycles. The summed E-state index contributed by atoms with van der Waals surface area (Å²) in [6.45, 7) is 4.77. The molecule has 2 aromatic rings. The molecule has 0 aliphatic carbocycles. The average molecular weight is 367 g/mol. The van der Waals surface area contributed by atoms with Crippen LogP contribution in [0, 0.1) is 0 Å². The monoisotopic (exact) mass is 367 g/mol. The Kier molecular flexibility index (Phi) is 6.01. The van der Waals surface area contributed by atoms with Crippen molar-refractivity contribution in [2.45, 2.75) is 18.9 Å². The van der Waals surface area contributed by atoms with Gasteiger partial charge in [-0.15, -0.1) is 0 Å². The first kappa shape index (κ1) is 18.8. The van der Waals surface area contributed by atoms with Gasteiger partial charge in [0.15, 0.2) is 11.5 Å². The van der Waals surface area contributed by atoms with Crippen LogP contribution in [0.2, 0.25) is 0 Å². The summed E-state index contributed by atoms with van der Waals surface area (Å²) in [4.78, 5) is 15.1. The van der Waals surface area contributed by atoms with E-state index in [1.165, 1.54) is 0 Å². The van der Waals surface area contributed by atoms with Gasteiger partial charge in [0, 0.05) is 12.1 Å². The summed E-state index contributed by atoms with van der Waals surface area (Å²) >= 11 is 0. The number of ether oxygens (including phenoxy) is 3. The van der Waals surface area contributed by atoms with E-state index in [2.05, 4.69) is 6.58 Å². The van der Waals surface area contributed by atoms with E-state index in [-0.39, 0.29) is 11.9 Å². The van der Waals surface area contributed by atoms with Gasteiger partial charge in [0.25, 0.3) is 5.91 Å². The Morgan fingerprint density at radius 3 is 2.59 bits per heavy atom. The molecule has 1 fully saturated rings. The molecule has 0 N–H and O–H groups in total. The number of hydrogen-bond acceptors (Lipinski definition) is 4. The predicted octanol–water partition coefficient (Wildman–Crippen LogP) is 4.25. The number of amides is 1. The normalized spacial score (nSPS) is 16.1. The third-order valence-electron chi connectivity index (χ3n) is 4.78. The summed E-state index contributed by atoms with van der Waals surface area (Å²) < 4.78 is 16.2. The lowest BCUT2D eigenvalue weighted by Gasteiger charge is -2.25. The van der Waals surface area contributed by atoms with Crippen molar-refractivity contribution < 1.29 is 19.0 Å². The molecule has 0 radical (unpaired) electrons. The third-order valence-corrected chi connectivity index (χ3v) is 4.78. The van der Waals surface area contributed by atoms with Crippen molar-refractivity contribution in [1.82, 2.24) is 4.90 Å². The summed E-state index contributed by atoms with van der Waals surface area (Å²) in [6, 6.07) is 13.3. The van der Waals surface area contributed by atoms with E-state index in [9.17, 15) is 4.79 Å². The molecular weight excluding hydrogens is 342 g/mol. The molecule has 1 heterocycles.